The smallest absolute Gasteiger partial charge is 0.298 e. The lowest BCUT2D eigenvalue weighted by molar-refractivity contribution is -0.125. The molecule has 136 valence electrons. The number of carbonyl (C=O) groups excluding carboxylic acids is 1. The fourth-order valence-electron chi connectivity index (χ4n) is 3.54. The van der Waals surface area contributed by atoms with Crippen molar-refractivity contribution in [3.63, 3.8) is 0 Å². The van der Waals surface area contributed by atoms with Crippen molar-refractivity contribution in [3.05, 3.63) is 11.6 Å². The van der Waals surface area contributed by atoms with Crippen LogP contribution in [0.3, 0.4) is 0 Å². The second-order valence-electron chi connectivity index (χ2n) is 6.43. The highest BCUT2D eigenvalue weighted by atomic mass is 32.2. The van der Waals surface area contributed by atoms with Crippen LogP contribution in [-0.2, 0) is 27.8 Å². The third kappa shape index (κ3) is 3.70. The summed E-state index contributed by atoms with van der Waals surface area (Å²) in [6.07, 6.45) is 4.41. The van der Waals surface area contributed by atoms with Gasteiger partial charge < -0.3 is 9.47 Å². The van der Waals surface area contributed by atoms with Gasteiger partial charge in [0.05, 0.1) is 12.3 Å². The van der Waals surface area contributed by atoms with Crippen LogP contribution in [0.25, 0.3) is 0 Å². The summed E-state index contributed by atoms with van der Waals surface area (Å²) in [6, 6.07) is -0.275. The number of rotatable bonds is 2. The van der Waals surface area contributed by atoms with Crippen molar-refractivity contribution in [2.45, 2.75) is 45.2 Å². The Bertz CT molecular complexity index is 821. The second-order valence-corrected chi connectivity index (χ2v) is 8.36. The summed E-state index contributed by atoms with van der Waals surface area (Å²) in [4.78, 5) is 13.7. The maximum atomic E-state index is 12.1. The van der Waals surface area contributed by atoms with E-state index in [1.165, 1.54) is 10.6 Å². The first kappa shape index (κ1) is 17.9. The molecule has 0 aromatic carbocycles. The molecule has 0 spiro atoms. The Kier molecular flexibility index (Phi) is 5.11. The molecule has 1 amide bonds. The van der Waals surface area contributed by atoms with Gasteiger partial charge in [-0.1, -0.05) is 12.3 Å². The molecule has 1 saturated heterocycles. The van der Waals surface area contributed by atoms with Crippen molar-refractivity contribution in [2.75, 3.05) is 25.9 Å². The summed E-state index contributed by atoms with van der Waals surface area (Å²) in [6.45, 7) is 3.79. The molecule has 2 aliphatic rings. The highest BCUT2D eigenvalue weighted by Gasteiger charge is 2.35. The Morgan fingerprint density at radius 1 is 1.16 bits per heavy atom. The lowest BCUT2D eigenvalue weighted by Crippen LogP contribution is -2.39. The van der Waals surface area contributed by atoms with Gasteiger partial charge in [0.15, 0.2) is 5.82 Å². The van der Waals surface area contributed by atoms with E-state index in [-0.39, 0.29) is 11.9 Å². The van der Waals surface area contributed by atoms with Crippen LogP contribution in [0.15, 0.2) is 0 Å². The van der Waals surface area contributed by atoms with Crippen molar-refractivity contribution in [1.82, 2.24) is 24.0 Å². The highest BCUT2D eigenvalue weighted by Crippen LogP contribution is 2.32. The number of amides is 1. The molecule has 25 heavy (non-hydrogen) atoms. The fourth-order valence-corrected chi connectivity index (χ4v) is 4.66. The van der Waals surface area contributed by atoms with Gasteiger partial charge in [-0.05, 0) is 25.7 Å². The van der Waals surface area contributed by atoms with Gasteiger partial charge in [0.25, 0.3) is 5.91 Å². The molecule has 1 fully saturated rings. The zero-order valence-electron chi connectivity index (χ0n) is 14.6. The summed E-state index contributed by atoms with van der Waals surface area (Å²) in [5.74, 6) is 6.52. The highest BCUT2D eigenvalue weighted by molar-refractivity contribution is 7.88. The van der Waals surface area contributed by atoms with Crippen LogP contribution in [0.4, 0.5) is 0 Å². The van der Waals surface area contributed by atoms with E-state index in [0.29, 0.717) is 38.4 Å². The molecule has 1 aromatic heterocycles. The average molecular weight is 365 g/mol. The van der Waals surface area contributed by atoms with E-state index in [1.54, 1.807) is 11.8 Å². The molecular formula is C16H23N5O3S. The minimum absolute atomic E-state index is 0.182. The fraction of sp³-hybridized carbons (Fsp3) is 0.688. The third-order valence-corrected chi connectivity index (χ3v) is 6.04. The zero-order chi connectivity index (χ0) is 18.0. The minimum Gasteiger partial charge on any atom is -0.330 e. The van der Waals surface area contributed by atoms with Gasteiger partial charge >= 0.3 is 0 Å². The number of hydrogen-bond acceptors (Lipinski definition) is 5. The number of carbonyl (C=O) groups is 1. The third-order valence-electron chi connectivity index (χ3n) is 4.75. The minimum atomic E-state index is -3.30. The van der Waals surface area contributed by atoms with Gasteiger partial charge in [-0.2, -0.15) is 4.31 Å². The van der Waals surface area contributed by atoms with Crippen molar-refractivity contribution in [2.24, 2.45) is 0 Å². The lowest BCUT2D eigenvalue weighted by atomic mass is 10.0. The lowest BCUT2D eigenvalue weighted by Gasteiger charge is -2.33. The van der Waals surface area contributed by atoms with Crippen molar-refractivity contribution in [3.8, 4) is 11.8 Å². The monoisotopic (exact) mass is 365 g/mol. The number of hydrogen-bond donors (Lipinski definition) is 0. The van der Waals surface area contributed by atoms with Gasteiger partial charge in [-0.15, -0.1) is 10.2 Å². The molecule has 3 rings (SSSR count). The summed E-state index contributed by atoms with van der Waals surface area (Å²) < 4.78 is 27.8. The molecule has 0 N–H and O–H groups in total. The number of sulfonamides is 1. The second kappa shape index (κ2) is 7.14. The SMILES string of the molecule is CC#CC(=O)N1CCc2nnc(C3CCCCN3S(C)(=O)=O)n2CC1. The van der Waals surface area contributed by atoms with E-state index < -0.39 is 10.0 Å². The van der Waals surface area contributed by atoms with E-state index in [4.69, 9.17) is 0 Å². The van der Waals surface area contributed by atoms with Gasteiger partial charge in [0.2, 0.25) is 10.0 Å². The van der Waals surface area contributed by atoms with E-state index in [2.05, 4.69) is 22.0 Å². The summed E-state index contributed by atoms with van der Waals surface area (Å²) in [7, 11) is -3.30. The van der Waals surface area contributed by atoms with Crippen molar-refractivity contribution < 1.29 is 13.2 Å². The van der Waals surface area contributed by atoms with Crippen LogP contribution in [0, 0.1) is 11.8 Å². The van der Waals surface area contributed by atoms with E-state index in [0.717, 1.165) is 25.1 Å². The largest absolute Gasteiger partial charge is 0.330 e. The maximum absolute atomic E-state index is 12.1. The molecule has 1 aromatic rings. The molecule has 0 aliphatic carbocycles. The molecule has 8 nitrogen and oxygen atoms in total. The Hall–Kier alpha value is -1.92. The summed E-state index contributed by atoms with van der Waals surface area (Å²) in [5.41, 5.74) is 0. The Morgan fingerprint density at radius 2 is 1.96 bits per heavy atom. The topological polar surface area (TPSA) is 88.4 Å². The first-order valence-corrected chi connectivity index (χ1v) is 10.4. The number of aromatic nitrogens is 3. The summed E-state index contributed by atoms with van der Waals surface area (Å²) in [5, 5.41) is 8.57. The van der Waals surface area contributed by atoms with Crippen LogP contribution in [-0.4, -0.2) is 64.2 Å². The van der Waals surface area contributed by atoms with Gasteiger partial charge in [0.1, 0.15) is 5.82 Å². The molecule has 3 heterocycles. The van der Waals surface area contributed by atoms with Crippen LogP contribution in [0.1, 0.15) is 43.9 Å². The van der Waals surface area contributed by atoms with Gasteiger partial charge in [-0.3, -0.25) is 4.79 Å². The Morgan fingerprint density at radius 3 is 2.68 bits per heavy atom. The van der Waals surface area contributed by atoms with Crippen LogP contribution < -0.4 is 0 Å². The van der Waals surface area contributed by atoms with Crippen LogP contribution in [0.2, 0.25) is 0 Å². The van der Waals surface area contributed by atoms with Crippen LogP contribution >= 0.6 is 0 Å². The number of piperidine rings is 1. The quantitative estimate of drug-likeness (QED) is 0.697. The first-order chi connectivity index (χ1) is 11.9. The predicted molar refractivity (Wildman–Crippen MR) is 91.9 cm³/mol. The molecule has 1 unspecified atom stereocenters. The molecule has 0 saturated carbocycles. The van der Waals surface area contributed by atoms with Crippen molar-refractivity contribution in [1.29, 1.82) is 0 Å². The van der Waals surface area contributed by atoms with E-state index in [1.807, 2.05) is 4.57 Å². The van der Waals surface area contributed by atoms with E-state index in [9.17, 15) is 13.2 Å². The maximum Gasteiger partial charge on any atom is 0.298 e. The standard InChI is InChI=1S/C16H23N5O3S/c1-3-6-15(22)19-10-8-14-17-18-16(20(14)12-11-19)13-7-4-5-9-21(13)25(2,23)24/h13H,4-5,7-12H2,1-2H3. The molecular weight excluding hydrogens is 342 g/mol. The normalized spacial score (nSPS) is 21.8. The predicted octanol–water partition coefficient (Wildman–Crippen LogP) is 0.173. The van der Waals surface area contributed by atoms with Gasteiger partial charge in [-0.25, -0.2) is 8.42 Å². The van der Waals surface area contributed by atoms with E-state index >= 15 is 0 Å². The zero-order valence-corrected chi connectivity index (χ0v) is 15.4. The Balaban J connectivity index is 1.86. The average Bonchev–Trinajstić information content (AvgIpc) is 2.85. The van der Waals surface area contributed by atoms with Crippen molar-refractivity contribution >= 4 is 15.9 Å². The van der Waals surface area contributed by atoms with Gasteiger partial charge in [0, 0.05) is 32.6 Å². The Labute approximate surface area is 148 Å². The van der Waals surface area contributed by atoms with Crippen LogP contribution in [0.5, 0.6) is 0 Å². The number of fused-ring (bicyclic) bond motifs is 1. The summed E-state index contributed by atoms with van der Waals surface area (Å²) >= 11 is 0. The first-order valence-electron chi connectivity index (χ1n) is 8.52. The molecule has 9 heteroatoms. The molecule has 1 atom stereocenters. The molecule has 2 aliphatic heterocycles. The molecule has 0 bridgehead atoms. The number of nitrogens with zero attached hydrogens (tertiary/aromatic N) is 5. The molecule has 0 radical (unpaired) electrons.